The Hall–Kier alpha value is -1.91. The Morgan fingerprint density at radius 1 is 1.32 bits per heavy atom. The van der Waals surface area contributed by atoms with Crippen LogP contribution in [0, 0.1) is 5.92 Å². The van der Waals surface area contributed by atoms with E-state index in [1.54, 1.807) is 0 Å². The lowest BCUT2D eigenvalue weighted by atomic mass is 9.57. The molecule has 1 N–H and O–H groups in total. The number of carbonyl (C=O) groups excluding carboxylic acids is 1. The second kappa shape index (κ2) is 4.63. The van der Waals surface area contributed by atoms with E-state index in [-0.39, 0.29) is 24.0 Å². The Morgan fingerprint density at radius 2 is 2.20 bits per heavy atom. The minimum atomic E-state index is 0.0692. The monoisotopic (exact) mass is 334 g/mol. The maximum Gasteiger partial charge on any atom is 0.231 e. The first-order valence-corrected chi connectivity index (χ1v) is 9.41. The summed E-state index contributed by atoms with van der Waals surface area (Å²) in [6.45, 7) is 2.16. The van der Waals surface area contributed by atoms with Crippen molar-refractivity contribution in [3.05, 3.63) is 53.1 Å². The van der Waals surface area contributed by atoms with Crippen LogP contribution in [0.25, 0.3) is 0 Å². The summed E-state index contributed by atoms with van der Waals surface area (Å²) in [5.41, 5.74) is 5.39. The summed E-state index contributed by atoms with van der Waals surface area (Å²) in [6.07, 6.45) is 6.99. The number of hydrogen-bond donors (Lipinski definition) is 1. The van der Waals surface area contributed by atoms with E-state index in [9.17, 15) is 9.90 Å². The van der Waals surface area contributed by atoms with Crippen molar-refractivity contribution in [2.24, 2.45) is 5.92 Å². The van der Waals surface area contributed by atoms with Gasteiger partial charge in [0.25, 0.3) is 0 Å². The molecule has 3 fully saturated rings. The molecule has 1 spiro atoms. The van der Waals surface area contributed by atoms with Gasteiger partial charge >= 0.3 is 0 Å². The third-order valence-corrected chi connectivity index (χ3v) is 7.40. The molecule has 1 aliphatic carbocycles. The fourth-order valence-electron chi connectivity index (χ4n) is 6.62. The third-order valence-electron chi connectivity index (χ3n) is 7.40. The number of piperidine rings is 1. The first kappa shape index (κ1) is 14.3. The van der Waals surface area contributed by atoms with E-state index in [0.717, 1.165) is 31.6 Å². The zero-order chi connectivity index (χ0) is 16.8. The average molecular weight is 334 g/mol. The molecule has 6 rings (SSSR count). The highest BCUT2D eigenvalue weighted by Gasteiger charge is 2.67. The maximum atomic E-state index is 12.9. The zero-order valence-corrected chi connectivity index (χ0v) is 14.2. The van der Waals surface area contributed by atoms with Crippen molar-refractivity contribution in [3.8, 4) is 0 Å². The number of rotatable bonds is 1. The molecule has 4 atom stereocenters. The number of carbonyl (C=O) groups is 1. The molecule has 5 aliphatic rings. The maximum absolute atomic E-state index is 12.9. The fourth-order valence-corrected chi connectivity index (χ4v) is 6.62. The van der Waals surface area contributed by atoms with Crippen LogP contribution in [0.4, 0.5) is 5.69 Å². The van der Waals surface area contributed by atoms with Crippen molar-refractivity contribution in [2.75, 3.05) is 24.6 Å². The standard InChI is InChI=1S/C21H22N2O2/c24-10-7-13-12-22-9-8-21-16-3-1-2-4-17(16)23-19(25)6-5-14(20(21)23)15(13)11-18(21)22/h1-5,7,15,18,20,24H,6,8-12H2/b13-7-/t15-,18+,20+,21+/m0/s1. The minimum Gasteiger partial charge on any atom is -0.392 e. The quantitative estimate of drug-likeness (QED) is 0.799. The summed E-state index contributed by atoms with van der Waals surface area (Å²) in [7, 11) is 0. The highest BCUT2D eigenvalue weighted by Crippen LogP contribution is 2.63. The van der Waals surface area contributed by atoms with Crippen LogP contribution in [-0.4, -0.2) is 47.7 Å². The Kier molecular flexibility index (Phi) is 2.64. The van der Waals surface area contributed by atoms with E-state index in [4.69, 9.17) is 0 Å². The summed E-state index contributed by atoms with van der Waals surface area (Å²) < 4.78 is 0. The molecule has 0 unspecified atom stereocenters. The molecule has 2 bridgehead atoms. The minimum absolute atomic E-state index is 0.0692. The fraction of sp³-hybridized carbons (Fsp3) is 0.476. The van der Waals surface area contributed by atoms with Crippen LogP contribution < -0.4 is 4.90 Å². The molecular weight excluding hydrogens is 312 g/mol. The zero-order valence-electron chi connectivity index (χ0n) is 14.2. The predicted molar refractivity (Wildman–Crippen MR) is 95.3 cm³/mol. The largest absolute Gasteiger partial charge is 0.392 e. The van der Waals surface area contributed by atoms with Crippen molar-refractivity contribution in [2.45, 2.75) is 36.8 Å². The van der Waals surface area contributed by atoms with E-state index in [0.29, 0.717) is 18.4 Å². The SMILES string of the molecule is O=C1CC=C2[C@H]3C[C@H]4N(CC[C@@]45c4ccccc4N1[C@H]25)C/C3=C/CO. The highest BCUT2D eigenvalue weighted by atomic mass is 16.2. The van der Waals surface area contributed by atoms with Crippen LogP contribution in [0.3, 0.4) is 0 Å². The topological polar surface area (TPSA) is 43.8 Å². The number of aliphatic hydroxyl groups excluding tert-OH is 1. The first-order chi connectivity index (χ1) is 12.3. The van der Waals surface area contributed by atoms with Gasteiger partial charge in [-0.15, -0.1) is 0 Å². The van der Waals surface area contributed by atoms with E-state index >= 15 is 0 Å². The van der Waals surface area contributed by atoms with Crippen LogP contribution in [0.15, 0.2) is 47.6 Å². The van der Waals surface area contributed by atoms with Gasteiger partial charge in [0, 0.05) is 36.0 Å². The van der Waals surface area contributed by atoms with Gasteiger partial charge < -0.3 is 10.0 Å². The molecule has 4 nitrogen and oxygen atoms in total. The number of fused-ring (bicyclic) bond motifs is 4. The van der Waals surface area contributed by atoms with Gasteiger partial charge in [-0.05, 0) is 36.6 Å². The lowest BCUT2D eigenvalue weighted by molar-refractivity contribution is -0.118. The van der Waals surface area contributed by atoms with Gasteiger partial charge in [0.05, 0.1) is 12.6 Å². The van der Waals surface area contributed by atoms with E-state index < -0.39 is 0 Å². The lowest BCUT2D eigenvalue weighted by Gasteiger charge is -2.54. The number of para-hydroxylation sites is 1. The smallest absolute Gasteiger partial charge is 0.231 e. The van der Waals surface area contributed by atoms with Crippen molar-refractivity contribution < 1.29 is 9.90 Å². The molecule has 4 heterocycles. The van der Waals surface area contributed by atoms with Gasteiger partial charge in [-0.2, -0.15) is 0 Å². The molecule has 4 heteroatoms. The van der Waals surface area contributed by atoms with Crippen LogP contribution in [0.2, 0.25) is 0 Å². The highest BCUT2D eigenvalue weighted by molar-refractivity contribution is 6.00. The van der Waals surface area contributed by atoms with Crippen LogP contribution in [0.5, 0.6) is 0 Å². The normalized spacial score (nSPS) is 39.5. The molecule has 0 radical (unpaired) electrons. The van der Waals surface area contributed by atoms with E-state index in [1.165, 1.54) is 16.7 Å². The first-order valence-electron chi connectivity index (χ1n) is 9.41. The summed E-state index contributed by atoms with van der Waals surface area (Å²) in [5, 5.41) is 9.50. The number of anilines is 1. The van der Waals surface area contributed by atoms with Crippen molar-refractivity contribution >= 4 is 11.6 Å². The number of hydrogen-bond acceptors (Lipinski definition) is 3. The van der Waals surface area contributed by atoms with Crippen LogP contribution in [0.1, 0.15) is 24.8 Å². The van der Waals surface area contributed by atoms with Gasteiger partial charge in [0.15, 0.2) is 0 Å². The number of aliphatic hydroxyl groups is 1. The Balaban J connectivity index is 1.64. The molecule has 0 aromatic heterocycles. The van der Waals surface area contributed by atoms with Gasteiger partial charge in [-0.3, -0.25) is 9.69 Å². The second-order valence-corrected chi connectivity index (χ2v) is 8.12. The predicted octanol–water partition coefficient (Wildman–Crippen LogP) is 2.00. The molecule has 1 aromatic carbocycles. The molecule has 1 aromatic rings. The summed E-state index contributed by atoms with van der Waals surface area (Å²) in [5.74, 6) is 0.638. The van der Waals surface area contributed by atoms with Gasteiger partial charge in [-0.25, -0.2) is 0 Å². The average Bonchev–Trinajstić information content (AvgIpc) is 3.17. The van der Waals surface area contributed by atoms with E-state index in [2.05, 4.69) is 40.1 Å². The second-order valence-electron chi connectivity index (χ2n) is 8.12. The Morgan fingerprint density at radius 3 is 3.08 bits per heavy atom. The summed E-state index contributed by atoms with van der Waals surface area (Å²) in [6, 6.07) is 9.29. The number of amides is 1. The molecule has 128 valence electrons. The number of nitrogens with zero attached hydrogens (tertiary/aromatic N) is 2. The molecule has 4 aliphatic heterocycles. The molecule has 1 amide bonds. The molecule has 25 heavy (non-hydrogen) atoms. The molecular formula is C21H22N2O2. The van der Waals surface area contributed by atoms with Crippen molar-refractivity contribution in [1.82, 2.24) is 4.90 Å². The Bertz CT molecular complexity index is 857. The van der Waals surface area contributed by atoms with Crippen molar-refractivity contribution in [1.29, 1.82) is 0 Å². The van der Waals surface area contributed by atoms with Gasteiger partial charge in [0.2, 0.25) is 5.91 Å². The number of benzene rings is 1. The summed E-state index contributed by atoms with van der Waals surface area (Å²) in [4.78, 5) is 17.6. The van der Waals surface area contributed by atoms with Crippen LogP contribution >= 0.6 is 0 Å². The van der Waals surface area contributed by atoms with Crippen LogP contribution in [-0.2, 0) is 10.2 Å². The van der Waals surface area contributed by atoms with E-state index in [1.807, 2.05) is 6.08 Å². The van der Waals surface area contributed by atoms with Gasteiger partial charge in [0.1, 0.15) is 0 Å². The lowest BCUT2D eigenvalue weighted by Crippen LogP contribution is -2.62. The molecule has 2 saturated heterocycles. The van der Waals surface area contributed by atoms with Gasteiger partial charge in [-0.1, -0.05) is 35.9 Å². The third kappa shape index (κ3) is 1.50. The van der Waals surface area contributed by atoms with Crippen molar-refractivity contribution in [3.63, 3.8) is 0 Å². The summed E-state index contributed by atoms with van der Waals surface area (Å²) >= 11 is 0. The molecule has 1 saturated carbocycles. The Labute approximate surface area is 147 Å².